The lowest BCUT2D eigenvalue weighted by molar-refractivity contribution is -0.116. The molecule has 0 aliphatic heterocycles. The van der Waals surface area contributed by atoms with Crippen molar-refractivity contribution in [3.8, 4) is 0 Å². The molecule has 7 heteroatoms. The average molecular weight is 319 g/mol. The van der Waals surface area contributed by atoms with Crippen LogP contribution >= 0.6 is 11.5 Å². The van der Waals surface area contributed by atoms with Gasteiger partial charge in [-0.2, -0.15) is 4.37 Å². The highest BCUT2D eigenvalue weighted by Gasteiger charge is 2.19. The van der Waals surface area contributed by atoms with Crippen LogP contribution in [0.5, 0.6) is 0 Å². The monoisotopic (exact) mass is 319 g/mol. The summed E-state index contributed by atoms with van der Waals surface area (Å²) in [6.45, 7) is 8.68. The van der Waals surface area contributed by atoms with Gasteiger partial charge in [-0.15, -0.1) is 0 Å². The summed E-state index contributed by atoms with van der Waals surface area (Å²) in [5.74, 6) is 1.30. The normalized spacial score (nSPS) is 11.3. The molecule has 0 spiro atoms. The number of carbonyl (C=O) groups is 1. The van der Waals surface area contributed by atoms with E-state index in [1.165, 1.54) is 11.5 Å². The van der Waals surface area contributed by atoms with Crippen molar-refractivity contribution in [1.29, 1.82) is 0 Å². The van der Waals surface area contributed by atoms with E-state index >= 15 is 0 Å². The molecule has 2 heterocycles. The molecule has 2 N–H and O–H groups in total. The molecular formula is C15H21N5OS. The Bertz CT molecular complexity index is 630. The van der Waals surface area contributed by atoms with E-state index in [-0.39, 0.29) is 11.3 Å². The summed E-state index contributed by atoms with van der Waals surface area (Å²) < 4.78 is 4.32. The number of aromatic nitrogens is 3. The zero-order valence-corrected chi connectivity index (χ0v) is 14.1. The molecule has 0 saturated heterocycles. The molecule has 118 valence electrons. The Morgan fingerprint density at radius 1 is 1.32 bits per heavy atom. The van der Waals surface area contributed by atoms with Crippen molar-refractivity contribution in [2.75, 3.05) is 17.2 Å². The third-order valence-corrected chi connectivity index (χ3v) is 3.58. The van der Waals surface area contributed by atoms with Crippen molar-refractivity contribution in [2.45, 2.75) is 39.5 Å². The molecule has 0 atom stereocenters. The van der Waals surface area contributed by atoms with Gasteiger partial charge in [0.1, 0.15) is 11.6 Å². The van der Waals surface area contributed by atoms with Crippen molar-refractivity contribution >= 4 is 28.4 Å². The van der Waals surface area contributed by atoms with Gasteiger partial charge >= 0.3 is 0 Å². The number of nitrogens with one attached hydrogen (secondary N) is 2. The Morgan fingerprint density at radius 2 is 2.09 bits per heavy atom. The molecule has 2 aromatic rings. The minimum Gasteiger partial charge on any atom is -0.360 e. The molecule has 0 radical (unpaired) electrons. The Morgan fingerprint density at radius 3 is 2.68 bits per heavy atom. The Hall–Kier alpha value is -2.02. The van der Waals surface area contributed by atoms with Crippen LogP contribution in [0.2, 0.25) is 0 Å². The van der Waals surface area contributed by atoms with Gasteiger partial charge < -0.3 is 10.6 Å². The van der Waals surface area contributed by atoms with E-state index in [1.807, 2.05) is 13.0 Å². The van der Waals surface area contributed by atoms with Gasteiger partial charge in [0, 0.05) is 36.1 Å². The smallest absolute Gasteiger partial charge is 0.227 e. The van der Waals surface area contributed by atoms with E-state index in [0.29, 0.717) is 18.8 Å². The summed E-state index contributed by atoms with van der Waals surface area (Å²) in [6, 6.07) is 3.71. The third-order valence-electron chi connectivity index (χ3n) is 2.90. The number of pyridine rings is 1. The van der Waals surface area contributed by atoms with Gasteiger partial charge in [-0.1, -0.05) is 26.8 Å². The molecule has 6 nitrogen and oxygen atoms in total. The number of hydrogen-bond acceptors (Lipinski definition) is 6. The maximum Gasteiger partial charge on any atom is 0.227 e. The standard InChI is InChI=1S/C15H21N5OS/c1-10-5-6-11(17-9-10)18-12(21)7-8-16-14-19-13(20-22-14)15(2,3)4/h5-6,9H,7-8H2,1-4H3,(H,16,19,20)(H,17,18,21). The molecule has 0 aliphatic rings. The number of carbonyl (C=O) groups excluding carboxylic acids is 1. The van der Waals surface area contributed by atoms with Crippen molar-refractivity contribution in [2.24, 2.45) is 0 Å². The van der Waals surface area contributed by atoms with E-state index in [2.05, 4.69) is 45.7 Å². The van der Waals surface area contributed by atoms with Crippen LogP contribution in [0.3, 0.4) is 0 Å². The van der Waals surface area contributed by atoms with Crippen LogP contribution < -0.4 is 10.6 Å². The number of anilines is 2. The van der Waals surface area contributed by atoms with Crippen LogP contribution in [-0.4, -0.2) is 26.8 Å². The van der Waals surface area contributed by atoms with Gasteiger partial charge in [-0.3, -0.25) is 4.79 Å². The third kappa shape index (κ3) is 4.77. The number of hydrogen-bond donors (Lipinski definition) is 2. The van der Waals surface area contributed by atoms with E-state index in [4.69, 9.17) is 0 Å². The van der Waals surface area contributed by atoms with Crippen LogP contribution in [0.25, 0.3) is 0 Å². The lowest BCUT2D eigenvalue weighted by atomic mass is 9.96. The molecule has 1 amide bonds. The van der Waals surface area contributed by atoms with Crippen molar-refractivity contribution in [3.05, 3.63) is 29.7 Å². The highest BCUT2D eigenvalue weighted by molar-refractivity contribution is 7.09. The predicted molar refractivity (Wildman–Crippen MR) is 89.3 cm³/mol. The molecule has 0 bridgehead atoms. The van der Waals surface area contributed by atoms with Gasteiger partial charge in [-0.05, 0) is 18.6 Å². The molecule has 0 saturated carbocycles. The lowest BCUT2D eigenvalue weighted by Gasteiger charge is -2.12. The van der Waals surface area contributed by atoms with E-state index in [1.54, 1.807) is 12.3 Å². The van der Waals surface area contributed by atoms with Gasteiger partial charge in [-0.25, -0.2) is 9.97 Å². The minimum atomic E-state index is -0.0792. The Kier molecular flexibility index (Phi) is 5.07. The largest absolute Gasteiger partial charge is 0.360 e. The first-order chi connectivity index (χ1) is 10.3. The molecule has 22 heavy (non-hydrogen) atoms. The Balaban J connectivity index is 1.77. The first kappa shape index (κ1) is 16.4. The summed E-state index contributed by atoms with van der Waals surface area (Å²) >= 11 is 1.32. The van der Waals surface area contributed by atoms with Crippen LogP contribution in [0.15, 0.2) is 18.3 Å². The van der Waals surface area contributed by atoms with Crippen LogP contribution in [-0.2, 0) is 10.2 Å². The fourth-order valence-corrected chi connectivity index (χ4v) is 2.41. The zero-order chi connectivity index (χ0) is 16.2. The summed E-state index contributed by atoms with van der Waals surface area (Å²) in [4.78, 5) is 20.4. The van der Waals surface area contributed by atoms with Crippen LogP contribution in [0.1, 0.15) is 38.6 Å². The molecular weight excluding hydrogens is 298 g/mol. The highest BCUT2D eigenvalue weighted by Crippen LogP contribution is 2.22. The number of amides is 1. The van der Waals surface area contributed by atoms with Gasteiger partial charge in [0.2, 0.25) is 11.0 Å². The zero-order valence-electron chi connectivity index (χ0n) is 13.3. The topological polar surface area (TPSA) is 79.8 Å². The first-order valence-corrected chi connectivity index (χ1v) is 7.92. The summed E-state index contributed by atoms with van der Waals surface area (Å²) in [7, 11) is 0. The van der Waals surface area contributed by atoms with Crippen LogP contribution in [0, 0.1) is 6.92 Å². The van der Waals surface area contributed by atoms with E-state index in [9.17, 15) is 4.79 Å². The molecule has 2 rings (SSSR count). The van der Waals surface area contributed by atoms with E-state index < -0.39 is 0 Å². The maximum atomic E-state index is 11.8. The summed E-state index contributed by atoms with van der Waals surface area (Å²) in [5, 5.41) is 6.63. The summed E-state index contributed by atoms with van der Waals surface area (Å²) in [6.07, 6.45) is 2.07. The number of aryl methyl sites for hydroxylation is 1. The fourth-order valence-electron chi connectivity index (χ4n) is 1.63. The quantitative estimate of drug-likeness (QED) is 0.885. The molecule has 0 fully saturated rings. The highest BCUT2D eigenvalue weighted by atomic mass is 32.1. The maximum absolute atomic E-state index is 11.8. The van der Waals surface area contributed by atoms with Crippen LogP contribution in [0.4, 0.5) is 10.9 Å². The van der Waals surface area contributed by atoms with Crippen molar-refractivity contribution in [3.63, 3.8) is 0 Å². The second-order valence-electron chi connectivity index (χ2n) is 6.12. The van der Waals surface area contributed by atoms with Crippen molar-refractivity contribution in [1.82, 2.24) is 14.3 Å². The van der Waals surface area contributed by atoms with Crippen molar-refractivity contribution < 1.29 is 4.79 Å². The SMILES string of the molecule is Cc1ccc(NC(=O)CCNc2nc(C(C)(C)C)ns2)nc1. The minimum absolute atomic E-state index is 0.0646. The van der Waals surface area contributed by atoms with Gasteiger partial charge in [0.05, 0.1) is 0 Å². The molecule has 2 aromatic heterocycles. The van der Waals surface area contributed by atoms with E-state index in [0.717, 1.165) is 16.5 Å². The Labute approximate surface area is 134 Å². The fraction of sp³-hybridized carbons (Fsp3) is 0.467. The molecule has 0 aromatic carbocycles. The molecule has 0 aliphatic carbocycles. The average Bonchev–Trinajstić information content (AvgIpc) is 2.90. The second-order valence-corrected chi connectivity index (χ2v) is 6.87. The molecule has 0 unspecified atom stereocenters. The van der Waals surface area contributed by atoms with Gasteiger partial charge in [0.15, 0.2) is 0 Å². The predicted octanol–water partition coefficient (Wildman–Crippen LogP) is 2.98. The number of rotatable bonds is 5. The lowest BCUT2D eigenvalue weighted by Crippen LogP contribution is -2.17. The second kappa shape index (κ2) is 6.83. The number of nitrogens with zero attached hydrogens (tertiary/aromatic N) is 3. The summed E-state index contributed by atoms with van der Waals surface area (Å²) in [5.41, 5.74) is 0.996. The first-order valence-electron chi connectivity index (χ1n) is 7.15. The van der Waals surface area contributed by atoms with Gasteiger partial charge in [0.25, 0.3) is 0 Å².